The smallest absolute Gasteiger partial charge is 0.328 e. The molecule has 1 N–H and O–H groups in total. The van der Waals surface area contributed by atoms with Crippen molar-refractivity contribution in [1.82, 2.24) is 4.90 Å². The second kappa shape index (κ2) is 6.64. The lowest BCUT2D eigenvalue weighted by molar-refractivity contribution is -0.157. The number of carbonyl (C=O) groups excluding carboxylic acids is 2. The molecule has 1 amide bonds. The van der Waals surface area contributed by atoms with Gasteiger partial charge in [-0.3, -0.25) is 9.59 Å². The summed E-state index contributed by atoms with van der Waals surface area (Å²) in [6, 6.07) is 2.88. The van der Waals surface area contributed by atoms with Gasteiger partial charge in [-0.15, -0.1) is 0 Å². The summed E-state index contributed by atoms with van der Waals surface area (Å²) in [4.78, 5) is 39.4. The van der Waals surface area contributed by atoms with Gasteiger partial charge in [-0.25, -0.2) is 4.79 Å². The number of aliphatic carboxylic acids is 1. The number of amides is 1. The molecule has 156 valence electrons. The van der Waals surface area contributed by atoms with Gasteiger partial charge in [0, 0.05) is 18.8 Å². The van der Waals surface area contributed by atoms with E-state index in [1.165, 1.54) is 21.3 Å². The van der Waals surface area contributed by atoms with Crippen molar-refractivity contribution in [3.05, 3.63) is 23.3 Å². The number of esters is 1. The topological polar surface area (TPSA) is 102 Å². The van der Waals surface area contributed by atoms with E-state index in [1.54, 1.807) is 4.90 Å². The predicted octanol–water partition coefficient (Wildman–Crippen LogP) is 1.59. The number of carboxylic acids is 1. The fourth-order valence-electron chi connectivity index (χ4n) is 5.97. The lowest BCUT2D eigenvalue weighted by Crippen LogP contribution is -2.58. The highest BCUT2D eigenvalue weighted by molar-refractivity contribution is 5.90. The quantitative estimate of drug-likeness (QED) is 0.762. The van der Waals surface area contributed by atoms with Crippen LogP contribution >= 0.6 is 0 Å². The zero-order valence-corrected chi connectivity index (χ0v) is 16.9. The van der Waals surface area contributed by atoms with Gasteiger partial charge in [0.2, 0.25) is 5.91 Å². The zero-order chi connectivity index (χ0) is 21.1. The molecule has 1 saturated heterocycles. The summed E-state index contributed by atoms with van der Waals surface area (Å²) in [6.07, 6.45) is 0.855. The number of fused-ring (bicyclic) bond motifs is 1. The molecular weight excluding hydrogens is 378 g/mol. The van der Waals surface area contributed by atoms with Crippen molar-refractivity contribution in [1.29, 1.82) is 0 Å². The Labute approximate surface area is 168 Å². The van der Waals surface area contributed by atoms with Gasteiger partial charge in [0.05, 0.1) is 32.8 Å². The number of carbonyl (C=O) groups is 3. The Kier molecular flexibility index (Phi) is 4.47. The van der Waals surface area contributed by atoms with Crippen LogP contribution in [0.5, 0.6) is 11.5 Å². The molecule has 0 aromatic heterocycles. The van der Waals surface area contributed by atoms with Crippen LogP contribution in [0.3, 0.4) is 0 Å². The van der Waals surface area contributed by atoms with Gasteiger partial charge >= 0.3 is 11.9 Å². The Morgan fingerprint density at radius 1 is 1.14 bits per heavy atom. The SMILES string of the molecule is COC(=O)[C@@H]1Cc2cc(OC)c(OC)cc2[C@@]23C[C@H](C)[C@@H](C(=O)O)[C@@H]2CC(=O)N13. The van der Waals surface area contributed by atoms with Crippen molar-refractivity contribution < 1.29 is 33.7 Å². The third-order valence-corrected chi connectivity index (χ3v) is 6.95. The first-order valence-electron chi connectivity index (χ1n) is 9.68. The van der Waals surface area contributed by atoms with E-state index < -0.39 is 35.4 Å². The second-order valence-corrected chi connectivity index (χ2v) is 8.15. The van der Waals surface area contributed by atoms with E-state index in [1.807, 2.05) is 19.1 Å². The van der Waals surface area contributed by atoms with Crippen LogP contribution in [-0.4, -0.2) is 55.2 Å². The average Bonchev–Trinajstić information content (AvgIpc) is 3.13. The van der Waals surface area contributed by atoms with E-state index in [9.17, 15) is 19.5 Å². The number of nitrogens with zero attached hydrogens (tertiary/aromatic N) is 1. The number of benzene rings is 1. The molecule has 8 nitrogen and oxygen atoms in total. The van der Waals surface area contributed by atoms with Crippen LogP contribution in [-0.2, 0) is 31.1 Å². The Morgan fingerprint density at radius 3 is 2.38 bits per heavy atom. The Balaban J connectivity index is 1.99. The minimum Gasteiger partial charge on any atom is -0.493 e. The summed E-state index contributed by atoms with van der Waals surface area (Å²) in [6.45, 7) is 1.90. The number of rotatable bonds is 4. The molecular formula is C21H25NO7. The van der Waals surface area contributed by atoms with Crippen LogP contribution in [0.15, 0.2) is 12.1 Å². The minimum absolute atomic E-state index is 0.0998. The van der Waals surface area contributed by atoms with Gasteiger partial charge in [-0.2, -0.15) is 0 Å². The molecule has 1 aromatic rings. The monoisotopic (exact) mass is 403 g/mol. The maximum absolute atomic E-state index is 13.1. The predicted molar refractivity (Wildman–Crippen MR) is 101 cm³/mol. The van der Waals surface area contributed by atoms with Crippen molar-refractivity contribution in [2.24, 2.45) is 17.8 Å². The molecule has 1 saturated carbocycles. The van der Waals surface area contributed by atoms with Gasteiger partial charge in [0.15, 0.2) is 11.5 Å². The van der Waals surface area contributed by atoms with E-state index in [-0.39, 0.29) is 24.7 Å². The van der Waals surface area contributed by atoms with Crippen molar-refractivity contribution in [2.75, 3.05) is 21.3 Å². The Hall–Kier alpha value is -2.77. The molecule has 2 aliphatic heterocycles. The van der Waals surface area contributed by atoms with E-state index in [2.05, 4.69) is 0 Å². The molecule has 1 spiro atoms. The standard InChI is InChI=1S/C21H25NO7/c1-10-9-21-12-7-16(28-3)15(27-2)6-11(12)5-14(20(26)29-4)22(21)17(23)8-13(21)18(10)19(24)25/h6-7,10,13-14,18H,5,8-9H2,1-4H3,(H,24,25)/t10-,13-,14-,18+,21-/m0/s1. The summed E-state index contributed by atoms with van der Waals surface area (Å²) in [5.74, 6) is -1.80. The number of hydrogen-bond donors (Lipinski definition) is 1. The van der Waals surface area contributed by atoms with Gasteiger partial charge in [-0.1, -0.05) is 6.92 Å². The second-order valence-electron chi connectivity index (χ2n) is 8.15. The molecule has 29 heavy (non-hydrogen) atoms. The third-order valence-electron chi connectivity index (χ3n) is 6.95. The van der Waals surface area contributed by atoms with Gasteiger partial charge in [-0.05, 0) is 35.6 Å². The first kappa shape index (κ1) is 19.5. The number of hydrogen-bond acceptors (Lipinski definition) is 6. The molecule has 1 aliphatic carbocycles. The molecule has 0 bridgehead atoms. The van der Waals surface area contributed by atoms with Crippen LogP contribution in [0.1, 0.15) is 30.9 Å². The molecule has 0 unspecified atom stereocenters. The Morgan fingerprint density at radius 2 is 1.79 bits per heavy atom. The van der Waals surface area contributed by atoms with Crippen LogP contribution in [0.4, 0.5) is 0 Å². The van der Waals surface area contributed by atoms with Crippen LogP contribution in [0.2, 0.25) is 0 Å². The Bertz CT molecular complexity index is 897. The van der Waals surface area contributed by atoms with E-state index in [0.717, 1.165) is 11.1 Å². The molecule has 5 atom stereocenters. The van der Waals surface area contributed by atoms with Crippen LogP contribution in [0, 0.1) is 17.8 Å². The maximum atomic E-state index is 13.1. The summed E-state index contributed by atoms with van der Waals surface area (Å²) in [5.41, 5.74) is 0.833. The van der Waals surface area contributed by atoms with Gasteiger partial charge in [0.1, 0.15) is 6.04 Å². The molecule has 4 rings (SSSR count). The van der Waals surface area contributed by atoms with E-state index in [0.29, 0.717) is 17.9 Å². The summed E-state index contributed by atoms with van der Waals surface area (Å²) >= 11 is 0. The number of methoxy groups -OCH3 is 3. The number of carboxylic acid groups (broad SMARTS) is 1. The summed E-state index contributed by atoms with van der Waals surface area (Å²) < 4.78 is 15.9. The minimum atomic E-state index is -0.906. The normalized spacial score (nSPS) is 32.3. The lowest BCUT2D eigenvalue weighted by atomic mass is 9.72. The molecule has 1 aromatic carbocycles. The van der Waals surface area contributed by atoms with Gasteiger partial charge in [0.25, 0.3) is 0 Å². The van der Waals surface area contributed by atoms with Crippen molar-refractivity contribution in [3.63, 3.8) is 0 Å². The molecule has 2 heterocycles. The van der Waals surface area contributed by atoms with E-state index in [4.69, 9.17) is 14.2 Å². The molecule has 3 aliphatic rings. The number of ether oxygens (including phenoxy) is 3. The lowest BCUT2D eigenvalue weighted by Gasteiger charge is -2.48. The summed E-state index contributed by atoms with van der Waals surface area (Å²) in [5, 5.41) is 9.89. The first-order valence-corrected chi connectivity index (χ1v) is 9.68. The van der Waals surface area contributed by atoms with Gasteiger partial charge < -0.3 is 24.2 Å². The fourth-order valence-corrected chi connectivity index (χ4v) is 5.97. The third kappa shape index (κ3) is 2.47. The van der Waals surface area contributed by atoms with Crippen molar-refractivity contribution >= 4 is 17.8 Å². The maximum Gasteiger partial charge on any atom is 0.328 e. The van der Waals surface area contributed by atoms with Crippen molar-refractivity contribution in [2.45, 2.75) is 37.8 Å². The van der Waals surface area contributed by atoms with Crippen LogP contribution < -0.4 is 9.47 Å². The average molecular weight is 403 g/mol. The fraction of sp³-hybridized carbons (Fsp3) is 0.571. The van der Waals surface area contributed by atoms with Crippen LogP contribution in [0.25, 0.3) is 0 Å². The first-order chi connectivity index (χ1) is 13.8. The summed E-state index contributed by atoms with van der Waals surface area (Å²) in [7, 11) is 4.37. The highest BCUT2D eigenvalue weighted by Gasteiger charge is 2.67. The van der Waals surface area contributed by atoms with Crippen molar-refractivity contribution in [3.8, 4) is 11.5 Å². The van der Waals surface area contributed by atoms with E-state index >= 15 is 0 Å². The highest BCUT2D eigenvalue weighted by atomic mass is 16.5. The molecule has 0 radical (unpaired) electrons. The zero-order valence-electron chi connectivity index (χ0n) is 16.9. The molecule has 2 fully saturated rings. The molecule has 8 heteroatoms. The highest BCUT2D eigenvalue weighted by Crippen LogP contribution is 2.62. The largest absolute Gasteiger partial charge is 0.493 e.